The van der Waals surface area contributed by atoms with Gasteiger partial charge in [-0.1, -0.05) is 86.2 Å². The van der Waals surface area contributed by atoms with E-state index in [0.29, 0.717) is 17.2 Å². The van der Waals surface area contributed by atoms with Crippen molar-refractivity contribution in [1.29, 1.82) is 0 Å². The third-order valence-corrected chi connectivity index (χ3v) is 9.33. The molecular formula is C32H40O5S. The first kappa shape index (κ1) is 29.6. The minimum Gasteiger partial charge on any atom is -0.467 e. The number of hydrogen-bond acceptors (Lipinski definition) is 5. The molecule has 0 unspecified atom stereocenters. The maximum absolute atomic E-state index is 13.4. The average molecular weight is 537 g/mol. The number of sulfone groups is 1. The van der Waals surface area contributed by atoms with E-state index >= 15 is 0 Å². The lowest BCUT2D eigenvalue weighted by Crippen LogP contribution is -2.39. The Bertz CT molecular complexity index is 1290. The van der Waals surface area contributed by atoms with Crippen molar-refractivity contribution in [3.8, 4) is 0 Å². The fourth-order valence-electron chi connectivity index (χ4n) is 4.93. The second-order valence-electron chi connectivity index (χ2n) is 10.5. The fourth-order valence-corrected chi connectivity index (χ4v) is 6.15. The highest BCUT2D eigenvalue weighted by atomic mass is 32.2. The van der Waals surface area contributed by atoms with E-state index in [2.05, 4.69) is 19.9 Å². The maximum Gasteiger partial charge on any atom is 0.338 e. The van der Waals surface area contributed by atoms with Gasteiger partial charge < -0.3 is 9.47 Å². The summed E-state index contributed by atoms with van der Waals surface area (Å²) in [7, 11) is -2.25. The Kier molecular flexibility index (Phi) is 9.91. The average Bonchev–Trinajstić information content (AvgIpc) is 2.92. The molecule has 0 aliphatic heterocycles. The summed E-state index contributed by atoms with van der Waals surface area (Å²) in [6, 6.07) is 18.2. The van der Waals surface area contributed by atoms with Gasteiger partial charge in [-0.15, -0.1) is 0 Å². The monoisotopic (exact) mass is 536 g/mol. The largest absolute Gasteiger partial charge is 0.467 e. The molecule has 1 aliphatic carbocycles. The summed E-state index contributed by atoms with van der Waals surface area (Å²) in [5.41, 5.74) is 1.88. The number of allylic oxidation sites excluding steroid dienone is 5. The van der Waals surface area contributed by atoms with Gasteiger partial charge >= 0.3 is 5.97 Å². The van der Waals surface area contributed by atoms with E-state index in [1.165, 1.54) is 7.11 Å². The molecule has 0 saturated heterocycles. The smallest absolute Gasteiger partial charge is 0.338 e. The van der Waals surface area contributed by atoms with Crippen LogP contribution in [0.15, 0.2) is 99.8 Å². The number of ether oxygens (including phenoxy) is 2. The minimum absolute atomic E-state index is 0.116. The zero-order chi connectivity index (χ0) is 27.9. The van der Waals surface area contributed by atoms with E-state index in [1.54, 1.807) is 44.2 Å². The van der Waals surface area contributed by atoms with Crippen LogP contribution in [0.1, 0.15) is 53.0 Å². The number of benzene rings is 2. The molecule has 0 spiro atoms. The number of esters is 1. The Morgan fingerprint density at radius 1 is 1.08 bits per heavy atom. The number of hydrogen-bond donors (Lipinski definition) is 0. The van der Waals surface area contributed by atoms with Crippen LogP contribution in [0.2, 0.25) is 0 Å². The highest BCUT2D eigenvalue weighted by Gasteiger charge is 2.37. The van der Waals surface area contributed by atoms with Crippen LogP contribution in [-0.2, 0) is 30.7 Å². The van der Waals surface area contributed by atoms with E-state index in [9.17, 15) is 13.2 Å². The molecule has 2 aromatic rings. The molecule has 0 aromatic heterocycles. The van der Waals surface area contributed by atoms with Crippen LogP contribution in [-0.4, -0.2) is 27.1 Å². The summed E-state index contributed by atoms with van der Waals surface area (Å²) in [5, 5.41) is 0. The van der Waals surface area contributed by atoms with E-state index in [4.69, 9.17) is 9.47 Å². The third-order valence-electron chi connectivity index (χ3n) is 7.45. The van der Waals surface area contributed by atoms with Crippen molar-refractivity contribution in [2.45, 2.75) is 64.6 Å². The molecule has 204 valence electrons. The zero-order valence-electron chi connectivity index (χ0n) is 23.3. The molecule has 0 N–H and O–H groups in total. The number of carbonyl (C=O) groups is 1. The van der Waals surface area contributed by atoms with Gasteiger partial charge in [0.2, 0.25) is 9.84 Å². The maximum atomic E-state index is 13.4. The van der Waals surface area contributed by atoms with Crippen molar-refractivity contribution in [2.24, 2.45) is 17.8 Å². The van der Waals surface area contributed by atoms with Crippen molar-refractivity contribution in [3.63, 3.8) is 0 Å². The van der Waals surface area contributed by atoms with Crippen LogP contribution in [0.25, 0.3) is 0 Å². The molecule has 0 bridgehead atoms. The topological polar surface area (TPSA) is 69.7 Å². The van der Waals surface area contributed by atoms with Gasteiger partial charge in [-0.3, -0.25) is 0 Å². The van der Waals surface area contributed by atoms with Crippen LogP contribution in [0.5, 0.6) is 0 Å². The summed E-state index contributed by atoms with van der Waals surface area (Å²) < 4.78 is 38.0. The molecule has 38 heavy (non-hydrogen) atoms. The predicted octanol–water partition coefficient (Wildman–Crippen LogP) is 7.07. The first-order valence-corrected chi connectivity index (χ1v) is 14.6. The Morgan fingerprint density at radius 3 is 2.26 bits per heavy atom. The molecule has 3 atom stereocenters. The minimum atomic E-state index is -3.61. The second-order valence-corrected chi connectivity index (χ2v) is 12.6. The first-order valence-electron chi connectivity index (χ1n) is 13.1. The molecule has 6 heteroatoms. The number of carbonyl (C=O) groups excluding carboxylic acids is 1. The second kappa shape index (κ2) is 12.7. The van der Waals surface area contributed by atoms with Crippen LogP contribution >= 0.6 is 0 Å². The lowest BCUT2D eigenvalue weighted by Gasteiger charge is -2.35. The van der Waals surface area contributed by atoms with Gasteiger partial charge in [-0.05, 0) is 62.3 Å². The normalized spacial score (nSPS) is 21.2. The van der Waals surface area contributed by atoms with E-state index in [1.807, 2.05) is 49.4 Å². The molecule has 0 amide bonds. The summed E-state index contributed by atoms with van der Waals surface area (Å²) >= 11 is 0. The van der Waals surface area contributed by atoms with Gasteiger partial charge in [0.25, 0.3) is 0 Å². The Balaban J connectivity index is 1.99. The van der Waals surface area contributed by atoms with Gasteiger partial charge in [0, 0.05) is 17.2 Å². The highest BCUT2D eigenvalue weighted by Crippen LogP contribution is 2.41. The van der Waals surface area contributed by atoms with Crippen molar-refractivity contribution in [1.82, 2.24) is 0 Å². The standard InChI is InChI=1S/C32H40O5S/c1-23(2)28-18-17-24(3)29(30(28)21-25(4)38(34,35)27-15-11-8-12-16-27)19-20-32(5,31(33)36-6)37-22-26-13-9-7-10-14-26/h7-17,19,21,23,28,30H,18,20,22H2,1-6H3/b25-21+,29-19+/t28-,30-,32+/m1/s1. The van der Waals surface area contributed by atoms with Crippen LogP contribution < -0.4 is 0 Å². The van der Waals surface area contributed by atoms with Crippen molar-refractivity contribution in [2.75, 3.05) is 7.11 Å². The van der Waals surface area contributed by atoms with E-state index in [0.717, 1.165) is 23.1 Å². The molecule has 0 radical (unpaired) electrons. The van der Waals surface area contributed by atoms with Crippen LogP contribution in [0.3, 0.4) is 0 Å². The van der Waals surface area contributed by atoms with Gasteiger partial charge in [-0.2, -0.15) is 0 Å². The van der Waals surface area contributed by atoms with Crippen LogP contribution in [0, 0.1) is 17.8 Å². The first-order chi connectivity index (χ1) is 18.0. The Hall–Kier alpha value is -2.96. The summed E-state index contributed by atoms with van der Waals surface area (Å²) in [6.07, 6.45) is 7.30. The molecule has 3 rings (SSSR count). The van der Waals surface area contributed by atoms with E-state index < -0.39 is 21.4 Å². The molecule has 5 nitrogen and oxygen atoms in total. The van der Waals surface area contributed by atoms with Gasteiger partial charge in [0.1, 0.15) is 0 Å². The van der Waals surface area contributed by atoms with Gasteiger partial charge in [0.05, 0.1) is 18.6 Å². The van der Waals surface area contributed by atoms with Crippen molar-refractivity contribution in [3.05, 3.63) is 101 Å². The number of methoxy groups -OCH3 is 1. The number of rotatable bonds is 10. The summed E-state index contributed by atoms with van der Waals surface area (Å²) in [6.45, 7) is 10.1. The molecule has 2 aromatic carbocycles. The Labute approximate surface area is 228 Å². The lowest BCUT2D eigenvalue weighted by molar-refractivity contribution is -0.168. The fraction of sp³-hybridized carbons (Fsp3) is 0.406. The van der Waals surface area contributed by atoms with E-state index in [-0.39, 0.29) is 23.3 Å². The lowest BCUT2D eigenvalue weighted by atomic mass is 9.70. The molecule has 1 aliphatic rings. The molecule has 0 fully saturated rings. The quantitative estimate of drug-likeness (QED) is 0.304. The van der Waals surface area contributed by atoms with Gasteiger partial charge in [0.15, 0.2) is 5.60 Å². The zero-order valence-corrected chi connectivity index (χ0v) is 24.1. The summed E-state index contributed by atoms with van der Waals surface area (Å²) in [4.78, 5) is 13.5. The molecular weight excluding hydrogens is 496 g/mol. The predicted molar refractivity (Wildman–Crippen MR) is 152 cm³/mol. The third kappa shape index (κ3) is 6.91. The summed E-state index contributed by atoms with van der Waals surface area (Å²) in [5.74, 6) is -0.00869. The van der Waals surface area contributed by atoms with Crippen LogP contribution in [0.4, 0.5) is 0 Å². The molecule has 0 heterocycles. The Morgan fingerprint density at radius 2 is 1.68 bits per heavy atom. The van der Waals surface area contributed by atoms with Crippen molar-refractivity contribution < 1.29 is 22.7 Å². The van der Waals surface area contributed by atoms with Crippen molar-refractivity contribution >= 4 is 15.8 Å². The molecule has 0 saturated carbocycles. The highest BCUT2D eigenvalue weighted by molar-refractivity contribution is 7.95. The SMILES string of the molecule is COC(=O)[C@](C)(C/C=C1\C(C)=CC[C@H](C(C)C)[C@H]1/C=C(\C)S(=O)(=O)c1ccccc1)OCc1ccccc1. The van der Waals surface area contributed by atoms with Gasteiger partial charge in [-0.25, -0.2) is 13.2 Å².